The van der Waals surface area contributed by atoms with E-state index in [2.05, 4.69) is 20.9 Å². The zero-order valence-corrected chi connectivity index (χ0v) is 12.0. The molecule has 0 aliphatic carbocycles. The number of hydrogen-bond acceptors (Lipinski definition) is 4. The van der Waals surface area contributed by atoms with Gasteiger partial charge in [0, 0.05) is 25.6 Å². The molecule has 2 aromatic rings. The molecule has 2 heterocycles. The number of carbonyl (C=O) groups excluding carboxylic acids is 1. The molecule has 6 heteroatoms. The number of para-hydroxylation sites is 1. The van der Waals surface area contributed by atoms with Gasteiger partial charge in [0.05, 0.1) is 23.5 Å². The van der Waals surface area contributed by atoms with Gasteiger partial charge in [-0.25, -0.2) is 4.68 Å². The number of benzene rings is 1. The predicted octanol–water partition coefficient (Wildman–Crippen LogP) is 0.454. The second-order valence-corrected chi connectivity index (χ2v) is 5.37. The monoisotopic (exact) mass is 285 g/mol. The van der Waals surface area contributed by atoms with E-state index in [1.54, 1.807) is 4.68 Å². The van der Waals surface area contributed by atoms with Crippen LogP contribution in [0.3, 0.4) is 0 Å². The van der Waals surface area contributed by atoms with E-state index < -0.39 is 0 Å². The summed E-state index contributed by atoms with van der Waals surface area (Å²) < 4.78 is 1.76. The van der Waals surface area contributed by atoms with Crippen LogP contribution in [0.1, 0.15) is 11.4 Å². The van der Waals surface area contributed by atoms with Gasteiger partial charge in [0.2, 0.25) is 5.91 Å². The SMILES string of the molecule is Cc1c(CC(=O)NCC2CNC2)nnn1-c1ccccc1. The third kappa shape index (κ3) is 3.11. The van der Waals surface area contributed by atoms with Gasteiger partial charge in [0.25, 0.3) is 0 Å². The molecule has 2 N–H and O–H groups in total. The fourth-order valence-electron chi connectivity index (χ4n) is 2.30. The number of amides is 1. The first-order chi connectivity index (χ1) is 10.2. The first-order valence-electron chi connectivity index (χ1n) is 7.18. The fraction of sp³-hybridized carbons (Fsp3) is 0.400. The van der Waals surface area contributed by atoms with Gasteiger partial charge in [-0.15, -0.1) is 5.10 Å². The summed E-state index contributed by atoms with van der Waals surface area (Å²) in [6.45, 7) is 4.65. The molecule has 0 bridgehead atoms. The van der Waals surface area contributed by atoms with Gasteiger partial charge >= 0.3 is 0 Å². The summed E-state index contributed by atoms with van der Waals surface area (Å²) in [5.41, 5.74) is 2.58. The van der Waals surface area contributed by atoms with Crippen molar-refractivity contribution in [2.75, 3.05) is 19.6 Å². The highest BCUT2D eigenvalue weighted by molar-refractivity contribution is 5.78. The van der Waals surface area contributed by atoms with E-state index in [1.165, 1.54) is 0 Å². The van der Waals surface area contributed by atoms with Crippen LogP contribution in [0, 0.1) is 12.8 Å². The Hall–Kier alpha value is -2.21. The summed E-state index contributed by atoms with van der Waals surface area (Å²) in [5.74, 6) is 0.570. The van der Waals surface area contributed by atoms with E-state index in [-0.39, 0.29) is 12.3 Å². The molecule has 1 aliphatic rings. The van der Waals surface area contributed by atoms with Crippen molar-refractivity contribution in [2.45, 2.75) is 13.3 Å². The average Bonchev–Trinajstić information content (AvgIpc) is 2.79. The number of nitrogens with zero attached hydrogens (tertiary/aromatic N) is 3. The van der Waals surface area contributed by atoms with Gasteiger partial charge in [0.1, 0.15) is 0 Å². The van der Waals surface area contributed by atoms with Crippen LogP contribution in [-0.4, -0.2) is 40.5 Å². The molecule has 1 saturated heterocycles. The lowest BCUT2D eigenvalue weighted by molar-refractivity contribution is -0.120. The molecule has 0 unspecified atom stereocenters. The Morgan fingerprint density at radius 3 is 2.81 bits per heavy atom. The van der Waals surface area contributed by atoms with Gasteiger partial charge in [-0.3, -0.25) is 4.79 Å². The van der Waals surface area contributed by atoms with Crippen LogP contribution in [0.2, 0.25) is 0 Å². The molecule has 110 valence electrons. The third-order valence-electron chi connectivity index (χ3n) is 3.77. The lowest BCUT2D eigenvalue weighted by atomic mass is 10.0. The Kier molecular flexibility index (Phi) is 3.96. The van der Waals surface area contributed by atoms with E-state index in [9.17, 15) is 4.79 Å². The first-order valence-corrected chi connectivity index (χ1v) is 7.18. The maximum Gasteiger partial charge on any atom is 0.226 e. The van der Waals surface area contributed by atoms with Crippen LogP contribution >= 0.6 is 0 Å². The predicted molar refractivity (Wildman–Crippen MR) is 79.2 cm³/mol. The highest BCUT2D eigenvalue weighted by Gasteiger charge is 2.18. The minimum absolute atomic E-state index is 0.00473. The fourth-order valence-corrected chi connectivity index (χ4v) is 2.30. The van der Waals surface area contributed by atoms with Crippen molar-refractivity contribution in [3.63, 3.8) is 0 Å². The van der Waals surface area contributed by atoms with Crippen molar-refractivity contribution in [3.8, 4) is 5.69 Å². The standard InChI is InChI=1S/C15H19N5O/c1-11-14(7-15(21)17-10-12-8-16-9-12)18-19-20(11)13-5-3-2-4-6-13/h2-6,12,16H,7-10H2,1H3,(H,17,21). The highest BCUT2D eigenvalue weighted by atomic mass is 16.1. The molecule has 3 rings (SSSR count). The number of aromatic nitrogens is 3. The molecule has 0 spiro atoms. The van der Waals surface area contributed by atoms with E-state index in [0.717, 1.165) is 36.7 Å². The van der Waals surface area contributed by atoms with Crippen molar-refractivity contribution < 1.29 is 4.79 Å². The Labute approximate surface area is 123 Å². The molecule has 1 fully saturated rings. The summed E-state index contributed by atoms with van der Waals surface area (Å²) >= 11 is 0. The van der Waals surface area contributed by atoms with Crippen LogP contribution in [0.5, 0.6) is 0 Å². The molecular formula is C15H19N5O. The molecule has 0 atom stereocenters. The quantitative estimate of drug-likeness (QED) is 0.837. The topological polar surface area (TPSA) is 71.8 Å². The van der Waals surface area contributed by atoms with Gasteiger partial charge in [0.15, 0.2) is 0 Å². The van der Waals surface area contributed by atoms with Crippen molar-refractivity contribution in [1.29, 1.82) is 0 Å². The molecular weight excluding hydrogens is 266 g/mol. The van der Waals surface area contributed by atoms with Gasteiger partial charge in [-0.2, -0.15) is 0 Å². The maximum atomic E-state index is 11.9. The Morgan fingerprint density at radius 1 is 1.38 bits per heavy atom. The smallest absolute Gasteiger partial charge is 0.226 e. The maximum absolute atomic E-state index is 11.9. The second-order valence-electron chi connectivity index (χ2n) is 5.37. The molecule has 21 heavy (non-hydrogen) atoms. The minimum atomic E-state index is 0.00473. The van der Waals surface area contributed by atoms with Crippen molar-refractivity contribution >= 4 is 5.91 Å². The van der Waals surface area contributed by atoms with E-state index >= 15 is 0 Å². The second kappa shape index (κ2) is 6.05. The molecule has 1 aromatic heterocycles. The van der Waals surface area contributed by atoms with Crippen LogP contribution in [0.25, 0.3) is 5.69 Å². The Bertz CT molecular complexity index is 618. The van der Waals surface area contributed by atoms with Crippen LogP contribution in [0.15, 0.2) is 30.3 Å². The number of nitrogens with one attached hydrogen (secondary N) is 2. The average molecular weight is 285 g/mol. The number of carbonyl (C=O) groups is 1. The van der Waals surface area contributed by atoms with Crippen molar-refractivity contribution in [3.05, 3.63) is 41.7 Å². The van der Waals surface area contributed by atoms with Gasteiger partial charge in [-0.05, 0) is 19.1 Å². The Morgan fingerprint density at radius 2 is 2.14 bits per heavy atom. The third-order valence-corrected chi connectivity index (χ3v) is 3.77. The number of rotatable bonds is 5. The number of hydrogen-bond donors (Lipinski definition) is 2. The van der Waals surface area contributed by atoms with Crippen LogP contribution < -0.4 is 10.6 Å². The van der Waals surface area contributed by atoms with Crippen molar-refractivity contribution in [1.82, 2.24) is 25.6 Å². The van der Waals surface area contributed by atoms with Gasteiger partial charge < -0.3 is 10.6 Å². The highest BCUT2D eigenvalue weighted by Crippen LogP contribution is 2.12. The molecule has 1 aliphatic heterocycles. The Balaban J connectivity index is 1.63. The normalized spacial score (nSPS) is 14.7. The lowest BCUT2D eigenvalue weighted by Gasteiger charge is -2.26. The summed E-state index contributed by atoms with van der Waals surface area (Å²) in [4.78, 5) is 11.9. The lowest BCUT2D eigenvalue weighted by Crippen LogP contribution is -2.48. The largest absolute Gasteiger partial charge is 0.355 e. The molecule has 1 aromatic carbocycles. The molecule has 6 nitrogen and oxygen atoms in total. The first kappa shape index (κ1) is 13.8. The summed E-state index contributed by atoms with van der Waals surface area (Å²) in [6, 6.07) is 9.80. The summed E-state index contributed by atoms with van der Waals surface area (Å²) in [5, 5.41) is 14.4. The zero-order chi connectivity index (χ0) is 14.7. The molecule has 1 amide bonds. The van der Waals surface area contributed by atoms with E-state index in [4.69, 9.17) is 0 Å². The molecule has 0 saturated carbocycles. The van der Waals surface area contributed by atoms with E-state index in [0.29, 0.717) is 5.92 Å². The van der Waals surface area contributed by atoms with Crippen LogP contribution in [0.4, 0.5) is 0 Å². The van der Waals surface area contributed by atoms with Crippen molar-refractivity contribution in [2.24, 2.45) is 5.92 Å². The van der Waals surface area contributed by atoms with E-state index in [1.807, 2.05) is 37.3 Å². The summed E-state index contributed by atoms with van der Waals surface area (Å²) in [6.07, 6.45) is 0.277. The summed E-state index contributed by atoms with van der Waals surface area (Å²) in [7, 11) is 0. The van der Waals surface area contributed by atoms with Gasteiger partial charge in [-0.1, -0.05) is 23.4 Å². The minimum Gasteiger partial charge on any atom is -0.355 e. The molecule has 0 radical (unpaired) electrons. The van der Waals surface area contributed by atoms with Crippen LogP contribution in [-0.2, 0) is 11.2 Å². The zero-order valence-electron chi connectivity index (χ0n) is 12.0.